The van der Waals surface area contributed by atoms with Crippen molar-refractivity contribution >= 4 is 0 Å². The molecule has 1 heterocycles. The SMILES string of the molecule is CN(C)CC(N)Cc1ncnn1C. The van der Waals surface area contributed by atoms with E-state index >= 15 is 0 Å². The Morgan fingerprint density at radius 1 is 1.62 bits per heavy atom. The Morgan fingerprint density at radius 3 is 2.77 bits per heavy atom. The van der Waals surface area contributed by atoms with Crippen LogP contribution in [0.5, 0.6) is 0 Å². The van der Waals surface area contributed by atoms with E-state index in [4.69, 9.17) is 5.73 Å². The highest BCUT2D eigenvalue weighted by Crippen LogP contribution is 1.96. The molecule has 0 radical (unpaired) electrons. The number of hydrogen-bond acceptors (Lipinski definition) is 4. The molecular weight excluding hydrogens is 166 g/mol. The minimum absolute atomic E-state index is 0.123. The van der Waals surface area contributed by atoms with Gasteiger partial charge in [-0.1, -0.05) is 0 Å². The van der Waals surface area contributed by atoms with E-state index in [1.807, 2.05) is 21.1 Å². The quantitative estimate of drug-likeness (QED) is 0.667. The molecular formula is C8H17N5. The number of hydrogen-bond donors (Lipinski definition) is 1. The zero-order valence-electron chi connectivity index (χ0n) is 8.44. The van der Waals surface area contributed by atoms with Gasteiger partial charge in [0.05, 0.1) is 0 Å². The van der Waals surface area contributed by atoms with Crippen molar-refractivity contribution in [3.63, 3.8) is 0 Å². The third kappa shape index (κ3) is 3.12. The second-order valence-corrected chi connectivity index (χ2v) is 3.53. The Bertz CT molecular complexity index is 255. The van der Waals surface area contributed by atoms with Gasteiger partial charge in [0.25, 0.3) is 0 Å². The molecule has 0 bridgehead atoms. The van der Waals surface area contributed by atoms with Crippen LogP contribution in [0.2, 0.25) is 0 Å². The first kappa shape index (κ1) is 10.1. The van der Waals surface area contributed by atoms with Crippen molar-refractivity contribution in [1.29, 1.82) is 0 Å². The van der Waals surface area contributed by atoms with E-state index in [0.29, 0.717) is 0 Å². The molecule has 5 nitrogen and oxygen atoms in total. The zero-order valence-corrected chi connectivity index (χ0v) is 8.44. The van der Waals surface area contributed by atoms with Gasteiger partial charge in [-0.15, -0.1) is 0 Å². The van der Waals surface area contributed by atoms with Crippen LogP contribution in [-0.2, 0) is 13.5 Å². The van der Waals surface area contributed by atoms with Crippen LogP contribution in [0.1, 0.15) is 5.82 Å². The number of nitrogens with two attached hydrogens (primary N) is 1. The zero-order chi connectivity index (χ0) is 9.84. The number of aromatic nitrogens is 3. The lowest BCUT2D eigenvalue weighted by molar-refractivity contribution is 0.367. The van der Waals surface area contributed by atoms with E-state index in [0.717, 1.165) is 18.8 Å². The van der Waals surface area contributed by atoms with Gasteiger partial charge in [-0.25, -0.2) is 4.98 Å². The van der Waals surface area contributed by atoms with Crippen LogP contribution in [-0.4, -0.2) is 46.3 Å². The molecule has 0 aliphatic carbocycles. The molecule has 0 aliphatic heterocycles. The first-order chi connectivity index (χ1) is 6.09. The van der Waals surface area contributed by atoms with Gasteiger partial charge in [-0.3, -0.25) is 4.68 Å². The summed E-state index contributed by atoms with van der Waals surface area (Å²) in [7, 11) is 5.90. The molecule has 1 aromatic rings. The molecule has 1 atom stereocenters. The van der Waals surface area contributed by atoms with Crippen LogP contribution in [0, 0.1) is 0 Å². The summed E-state index contributed by atoms with van der Waals surface area (Å²) >= 11 is 0. The van der Waals surface area contributed by atoms with Crippen LogP contribution < -0.4 is 5.73 Å². The Labute approximate surface area is 78.5 Å². The molecule has 13 heavy (non-hydrogen) atoms. The van der Waals surface area contributed by atoms with E-state index in [1.54, 1.807) is 11.0 Å². The largest absolute Gasteiger partial charge is 0.326 e. The molecule has 0 aromatic carbocycles. The molecule has 0 saturated heterocycles. The molecule has 0 fully saturated rings. The van der Waals surface area contributed by atoms with Gasteiger partial charge in [-0.05, 0) is 14.1 Å². The lowest BCUT2D eigenvalue weighted by atomic mass is 10.2. The highest BCUT2D eigenvalue weighted by molar-refractivity contribution is 4.88. The van der Waals surface area contributed by atoms with Gasteiger partial charge in [0, 0.05) is 26.1 Å². The monoisotopic (exact) mass is 183 g/mol. The molecule has 74 valence electrons. The number of nitrogens with zero attached hydrogens (tertiary/aromatic N) is 4. The van der Waals surface area contributed by atoms with E-state index < -0.39 is 0 Å². The summed E-state index contributed by atoms with van der Waals surface area (Å²) in [5, 5.41) is 3.99. The van der Waals surface area contributed by atoms with Crippen LogP contribution in [0.3, 0.4) is 0 Å². The maximum absolute atomic E-state index is 5.91. The normalized spacial score (nSPS) is 13.6. The fourth-order valence-electron chi connectivity index (χ4n) is 1.27. The summed E-state index contributed by atoms with van der Waals surface area (Å²) in [4.78, 5) is 6.19. The van der Waals surface area contributed by atoms with Crippen molar-refractivity contribution in [1.82, 2.24) is 19.7 Å². The predicted octanol–water partition coefficient (Wildman–Crippen LogP) is -0.753. The van der Waals surface area contributed by atoms with E-state index in [-0.39, 0.29) is 6.04 Å². The fraction of sp³-hybridized carbons (Fsp3) is 0.750. The van der Waals surface area contributed by atoms with Gasteiger partial charge in [0.2, 0.25) is 0 Å². The van der Waals surface area contributed by atoms with Crippen LogP contribution in [0.4, 0.5) is 0 Å². The molecule has 0 aliphatic rings. The maximum atomic E-state index is 5.91. The Hall–Kier alpha value is -0.940. The molecule has 0 spiro atoms. The lowest BCUT2D eigenvalue weighted by Gasteiger charge is -2.15. The molecule has 0 amide bonds. The van der Waals surface area contributed by atoms with E-state index in [9.17, 15) is 0 Å². The summed E-state index contributed by atoms with van der Waals surface area (Å²) in [5.41, 5.74) is 5.91. The van der Waals surface area contributed by atoms with Gasteiger partial charge >= 0.3 is 0 Å². The van der Waals surface area contributed by atoms with Crippen LogP contribution >= 0.6 is 0 Å². The second kappa shape index (κ2) is 4.34. The standard InChI is InChI=1S/C8H17N5/c1-12(2)5-7(9)4-8-10-6-11-13(8)3/h6-7H,4-5,9H2,1-3H3. The van der Waals surface area contributed by atoms with Gasteiger partial charge in [-0.2, -0.15) is 5.10 Å². The third-order valence-electron chi connectivity index (χ3n) is 1.85. The molecule has 2 N–H and O–H groups in total. The molecule has 1 aromatic heterocycles. The first-order valence-electron chi connectivity index (χ1n) is 4.32. The van der Waals surface area contributed by atoms with Crippen molar-refractivity contribution in [3.05, 3.63) is 12.2 Å². The maximum Gasteiger partial charge on any atom is 0.138 e. The van der Waals surface area contributed by atoms with Crippen molar-refractivity contribution in [2.24, 2.45) is 12.8 Å². The molecule has 5 heteroatoms. The first-order valence-corrected chi connectivity index (χ1v) is 4.32. The van der Waals surface area contributed by atoms with Crippen LogP contribution in [0.25, 0.3) is 0 Å². The average Bonchev–Trinajstić information content (AvgIpc) is 2.34. The summed E-state index contributed by atoms with van der Waals surface area (Å²) in [6.07, 6.45) is 2.33. The van der Waals surface area contributed by atoms with Gasteiger partial charge < -0.3 is 10.6 Å². The van der Waals surface area contributed by atoms with Crippen LogP contribution in [0.15, 0.2) is 6.33 Å². The smallest absolute Gasteiger partial charge is 0.138 e. The average molecular weight is 183 g/mol. The second-order valence-electron chi connectivity index (χ2n) is 3.53. The predicted molar refractivity (Wildman–Crippen MR) is 51.2 cm³/mol. The summed E-state index contributed by atoms with van der Waals surface area (Å²) in [6, 6.07) is 0.123. The van der Waals surface area contributed by atoms with Gasteiger partial charge in [0.1, 0.15) is 12.2 Å². The highest BCUT2D eigenvalue weighted by Gasteiger charge is 2.08. The van der Waals surface area contributed by atoms with Crippen molar-refractivity contribution in [2.75, 3.05) is 20.6 Å². The molecule has 1 unspecified atom stereocenters. The van der Waals surface area contributed by atoms with Gasteiger partial charge in [0.15, 0.2) is 0 Å². The van der Waals surface area contributed by atoms with E-state index in [2.05, 4.69) is 15.0 Å². The molecule has 1 rings (SSSR count). The fourth-order valence-corrected chi connectivity index (χ4v) is 1.27. The minimum Gasteiger partial charge on any atom is -0.326 e. The number of aryl methyl sites for hydroxylation is 1. The summed E-state index contributed by atoms with van der Waals surface area (Å²) < 4.78 is 1.76. The number of rotatable bonds is 4. The summed E-state index contributed by atoms with van der Waals surface area (Å²) in [5.74, 6) is 0.939. The highest BCUT2D eigenvalue weighted by atomic mass is 15.3. The number of likely N-dealkylation sites (N-methyl/N-ethyl adjacent to an activating group) is 1. The lowest BCUT2D eigenvalue weighted by Crippen LogP contribution is -2.35. The van der Waals surface area contributed by atoms with Crippen molar-refractivity contribution in [2.45, 2.75) is 12.5 Å². The Kier molecular flexibility index (Phi) is 3.39. The Morgan fingerprint density at radius 2 is 2.31 bits per heavy atom. The molecule has 0 saturated carbocycles. The topological polar surface area (TPSA) is 60.0 Å². The van der Waals surface area contributed by atoms with Crippen molar-refractivity contribution < 1.29 is 0 Å². The Balaban J connectivity index is 2.45. The van der Waals surface area contributed by atoms with E-state index in [1.165, 1.54) is 0 Å². The minimum atomic E-state index is 0.123. The summed E-state index contributed by atoms with van der Waals surface area (Å²) in [6.45, 7) is 0.868. The third-order valence-corrected chi connectivity index (χ3v) is 1.85. The van der Waals surface area contributed by atoms with Crippen molar-refractivity contribution in [3.8, 4) is 0 Å².